The van der Waals surface area contributed by atoms with Gasteiger partial charge in [0.05, 0.1) is 0 Å². The molecule has 0 unspecified atom stereocenters. The number of hydrogen-bond donors (Lipinski definition) is 1. The van der Waals surface area contributed by atoms with Crippen molar-refractivity contribution in [2.45, 2.75) is 19.6 Å². The van der Waals surface area contributed by atoms with Gasteiger partial charge in [0, 0.05) is 16.1 Å². The van der Waals surface area contributed by atoms with Crippen molar-refractivity contribution in [2.75, 3.05) is 0 Å². The fourth-order valence-corrected chi connectivity index (χ4v) is 2.09. The number of halogens is 2. The van der Waals surface area contributed by atoms with E-state index in [4.69, 9.17) is 10.5 Å². The molecule has 0 aliphatic rings. The average Bonchev–Trinajstić information content (AvgIpc) is 2.37. The molecule has 2 aromatic carbocycles. The van der Waals surface area contributed by atoms with E-state index in [2.05, 4.69) is 15.9 Å². The van der Waals surface area contributed by atoms with Gasteiger partial charge in [0.15, 0.2) is 0 Å². The van der Waals surface area contributed by atoms with Crippen molar-refractivity contribution < 1.29 is 9.13 Å². The summed E-state index contributed by atoms with van der Waals surface area (Å²) in [5, 5.41) is 0. The topological polar surface area (TPSA) is 35.2 Å². The van der Waals surface area contributed by atoms with Crippen molar-refractivity contribution >= 4 is 15.9 Å². The summed E-state index contributed by atoms with van der Waals surface area (Å²) < 4.78 is 20.4. The Balaban J connectivity index is 2.15. The Morgan fingerprint density at radius 2 is 1.89 bits per heavy atom. The van der Waals surface area contributed by atoms with Gasteiger partial charge in [-0.3, -0.25) is 0 Å². The van der Waals surface area contributed by atoms with Gasteiger partial charge in [0.25, 0.3) is 0 Å². The lowest BCUT2D eigenvalue weighted by atomic mass is 10.1. The van der Waals surface area contributed by atoms with Gasteiger partial charge >= 0.3 is 0 Å². The van der Waals surface area contributed by atoms with E-state index >= 15 is 0 Å². The second kappa shape index (κ2) is 6.17. The first-order valence-corrected chi connectivity index (χ1v) is 6.78. The van der Waals surface area contributed by atoms with E-state index in [-0.39, 0.29) is 5.82 Å². The van der Waals surface area contributed by atoms with Gasteiger partial charge in [0.2, 0.25) is 0 Å². The zero-order valence-electron chi connectivity index (χ0n) is 10.6. The van der Waals surface area contributed by atoms with Crippen molar-refractivity contribution in [2.24, 2.45) is 5.73 Å². The van der Waals surface area contributed by atoms with E-state index in [1.807, 2.05) is 24.3 Å². The van der Waals surface area contributed by atoms with Gasteiger partial charge in [-0.05, 0) is 36.8 Å². The van der Waals surface area contributed by atoms with Gasteiger partial charge in [-0.1, -0.05) is 34.1 Å². The molecule has 0 spiro atoms. The van der Waals surface area contributed by atoms with Crippen LogP contribution in [-0.2, 0) is 6.61 Å². The maximum absolute atomic E-state index is 13.7. The molecule has 2 aromatic rings. The molecule has 0 saturated carbocycles. The van der Waals surface area contributed by atoms with Gasteiger partial charge < -0.3 is 10.5 Å². The molecule has 2 rings (SSSR count). The molecular formula is C15H15BrFNO. The van der Waals surface area contributed by atoms with Gasteiger partial charge in [-0.2, -0.15) is 0 Å². The van der Waals surface area contributed by atoms with Crippen molar-refractivity contribution in [1.82, 2.24) is 0 Å². The van der Waals surface area contributed by atoms with Crippen molar-refractivity contribution in [1.29, 1.82) is 0 Å². The first-order valence-electron chi connectivity index (χ1n) is 5.99. The summed E-state index contributed by atoms with van der Waals surface area (Å²) in [6.07, 6.45) is 0. The van der Waals surface area contributed by atoms with Crippen LogP contribution in [0.15, 0.2) is 46.9 Å². The van der Waals surface area contributed by atoms with E-state index < -0.39 is 6.04 Å². The number of benzene rings is 2. The zero-order valence-corrected chi connectivity index (χ0v) is 12.2. The average molecular weight is 324 g/mol. The smallest absolute Gasteiger partial charge is 0.131 e. The second-order valence-electron chi connectivity index (χ2n) is 4.36. The third-order valence-electron chi connectivity index (χ3n) is 2.78. The predicted molar refractivity (Wildman–Crippen MR) is 77.5 cm³/mol. The Morgan fingerprint density at radius 1 is 1.21 bits per heavy atom. The fourth-order valence-electron chi connectivity index (χ4n) is 1.83. The summed E-state index contributed by atoms with van der Waals surface area (Å²) in [5.74, 6) is 0.168. The lowest BCUT2D eigenvalue weighted by Gasteiger charge is -2.14. The summed E-state index contributed by atoms with van der Waals surface area (Å²) in [6.45, 7) is 2.13. The highest BCUT2D eigenvalue weighted by Crippen LogP contribution is 2.27. The van der Waals surface area contributed by atoms with Crippen LogP contribution in [0.4, 0.5) is 4.39 Å². The van der Waals surface area contributed by atoms with E-state index in [1.165, 1.54) is 6.07 Å². The highest BCUT2D eigenvalue weighted by Gasteiger charge is 2.13. The van der Waals surface area contributed by atoms with Crippen LogP contribution in [0.3, 0.4) is 0 Å². The molecule has 2 nitrogen and oxygen atoms in total. The monoisotopic (exact) mass is 323 g/mol. The lowest BCUT2D eigenvalue weighted by molar-refractivity contribution is 0.299. The molecule has 4 heteroatoms. The normalized spacial score (nSPS) is 12.2. The maximum Gasteiger partial charge on any atom is 0.131 e. The molecule has 1 atom stereocenters. The summed E-state index contributed by atoms with van der Waals surface area (Å²) in [4.78, 5) is 0. The Morgan fingerprint density at radius 3 is 2.53 bits per heavy atom. The molecule has 0 heterocycles. The van der Waals surface area contributed by atoms with Crippen LogP contribution >= 0.6 is 15.9 Å². The number of rotatable bonds is 4. The number of hydrogen-bond acceptors (Lipinski definition) is 2. The molecule has 0 aliphatic carbocycles. The standard InChI is InChI=1S/C15H15BrFNO/c1-10(18)15-13(17)3-2-4-14(15)19-9-11-5-7-12(16)8-6-11/h2-8,10H,9,18H2,1H3/t10-/m0/s1. The van der Waals surface area contributed by atoms with Crippen LogP contribution < -0.4 is 10.5 Å². The Labute approximate surface area is 120 Å². The molecule has 0 aromatic heterocycles. The molecule has 0 amide bonds. The van der Waals surface area contributed by atoms with Crippen LogP contribution in [0, 0.1) is 5.82 Å². The largest absolute Gasteiger partial charge is 0.488 e. The van der Waals surface area contributed by atoms with E-state index in [0.29, 0.717) is 17.9 Å². The van der Waals surface area contributed by atoms with Crippen molar-refractivity contribution in [3.63, 3.8) is 0 Å². The van der Waals surface area contributed by atoms with Gasteiger partial charge in [-0.15, -0.1) is 0 Å². The van der Waals surface area contributed by atoms with Crippen LogP contribution in [-0.4, -0.2) is 0 Å². The number of nitrogens with two attached hydrogens (primary N) is 1. The molecule has 0 fully saturated rings. The Kier molecular flexibility index (Phi) is 4.56. The molecule has 2 N–H and O–H groups in total. The fraction of sp³-hybridized carbons (Fsp3) is 0.200. The molecule has 19 heavy (non-hydrogen) atoms. The molecule has 0 radical (unpaired) electrons. The first-order chi connectivity index (χ1) is 9.08. The minimum absolute atomic E-state index is 0.330. The molecular weight excluding hydrogens is 309 g/mol. The Hall–Kier alpha value is -1.39. The zero-order chi connectivity index (χ0) is 13.8. The van der Waals surface area contributed by atoms with Gasteiger partial charge in [0.1, 0.15) is 18.2 Å². The second-order valence-corrected chi connectivity index (χ2v) is 5.27. The van der Waals surface area contributed by atoms with Crippen LogP contribution in [0.1, 0.15) is 24.1 Å². The number of ether oxygens (including phenoxy) is 1. The highest BCUT2D eigenvalue weighted by atomic mass is 79.9. The molecule has 0 saturated heterocycles. The van der Waals surface area contributed by atoms with E-state index in [0.717, 1.165) is 10.0 Å². The van der Waals surface area contributed by atoms with Crippen LogP contribution in [0.5, 0.6) is 5.75 Å². The third-order valence-corrected chi connectivity index (χ3v) is 3.30. The summed E-state index contributed by atoms with van der Waals surface area (Å²) in [7, 11) is 0. The summed E-state index contributed by atoms with van der Waals surface area (Å²) in [6, 6.07) is 12.1. The summed E-state index contributed by atoms with van der Waals surface area (Å²) >= 11 is 3.37. The predicted octanol–water partition coefficient (Wildman–Crippen LogP) is 4.19. The molecule has 100 valence electrons. The maximum atomic E-state index is 13.7. The third kappa shape index (κ3) is 3.55. The SMILES string of the molecule is C[C@H](N)c1c(F)cccc1OCc1ccc(Br)cc1. The quantitative estimate of drug-likeness (QED) is 0.915. The van der Waals surface area contributed by atoms with Gasteiger partial charge in [-0.25, -0.2) is 4.39 Å². The van der Waals surface area contributed by atoms with Crippen LogP contribution in [0.2, 0.25) is 0 Å². The summed E-state index contributed by atoms with van der Waals surface area (Å²) in [5.41, 5.74) is 7.21. The Bertz CT molecular complexity index is 555. The first kappa shape index (κ1) is 14.0. The van der Waals surface area contributed by atoms with Crippen molar-refractivity contribution in [3.8, 4) is 5.75 Å². The minimum Gasteiger partial charge on any atom is -0.488 e. The van der Waals surface area contributed by atoms with E-state index in [9.17, 15) is 4.39 Å². The minimum atomic E-state index is -0.402. The van der Waals surface area contributed by atoms with Crippen molar-refractivity contribution in [3.05, 3.63) is 63.9 Å². The molecule has 0 aliphatic heterocycles. The highest BCUT2D eigenvalue weighted by molar-refractivity contribution is 9.10. The lowest BCUT2D eigenvalue weighted by Crippen LogP contribution is -2.10. The molecule has 0 bridgehead atoms. The van der Waals surface area contributed by atoms with Crippen LogP contribution in [0.25, 0.3) is 0 Å². The van der Waals surface area contributed by atoms with E-state index in [1.54, 1.807) is 19.1 Å².